The molecule has 0 bridgehead atoms. The van der Waals surface area contributed by atoms with Crippen molar-refractivity contribution in [3.05, 3.63) is 29.3 Å². The lowest BCUT2D eigenvalue weighted by Gasteiger charge is -2.22. The van der Waals surface area contributed by atoms with Gasteiger partial charge in [0, 0.05) is 13.1 Å². The Kier molecular flexibility index (Phi) is 2.83. The molecule has 4 rings (SSSR count). The smallest absolute Gasteiger partial charge is 0.108 e. The monoisotopic (exact) mass is 273 g/mol. The van der Waals surface area contributed by atoms with Crippen LogP contribution in [-0.2, 0) is 6.54 Å². The van der Waals surface area contributed by atoms with Crippen molar-refractivity contribution in [1.29, 1.82) is 0 Å². The second-order valence-electron chi connectivity index (χ2n) is 5.96. The topological polar surface area (TPSA) is 28.2 Å². The van der Waals surface area contributed by atoms with Crippen molar-refractivity contribution in [1.82, 2.24) is 15.2 Å². The Morgan fingerprint density at radius 2 is 2.26 bits per heavy atom. The number of fused-ring (bicyclic) bond motifs is 1. The Hall–Kier alpha value is -0.970. The second kappa shape index (κ2) is 4.54. The molecule has 1 spiro atoms. The third-order valence-corrected chi connectivity index (χ3v) is 5.57. The summed E-state index contributed by atoms with van der Waals surface area (Å²) in [4.78, 5) is 7.34. The van der Waals surface area contributed by atoms with Gasteiger partial charge in [-0.25, -0.2) is 4.98 Å². The van der Waals surface area contributed by atoms with Gasteiger partial charge >= 0.3 is 0 Å². The molecule has 2 aliphatic rings. The SMILES string of the molecule is c1ccc2sc(CN3CCC4(CCNC4)C3)nc2c1. The number of aromatic nitrogens is 1. The number of hydrogen-bond donors (Lipinski definition) is 1. The van der Waals surface area contributed by atoms with Gasteiger partial charge < -0.3 is 5.32 Å². The number of nitrogens with zero attached hydrogens (tertiary/aromatic N) is 2. The van der Waals surface area contributed by atoms with Crippen LogP contribution in [0.2, 0.25) is 0 Å². The van der Waals surface area contributed by atoms with E-state index < -0.39 is 0 Å². The lowest BCUT2D eigenvalue weighted by Crippen LogP contribution is -2.28. The average Bonchev–Trinajstić information content (AvgIpc) is 3.11. The summed E-state index contributed by atoms with van der Waals surface area (Å²) in [6.45, 7) is 5.92. The number of para-hydroxylation sites is 1. The Balaban J connectivity index is 1.49. The van der Waals surface area contributed by atoms with Crippen LogP contribution in [0, 0.1) is 5.41 Å². The van der Waals surface area contributed by atoms with Crippen LogP contribution in [0.25, 0.3) is 10.2 Å². The third-order valence-electron chi connectivity index (χ3n) is 4.55. The molecule has 1 N–H and O–H groups in total. The molecule has 0 saturated carbocycles. The Bertz CT molecular complexity index is 553. The molecule has 2 aliphatic heterocycles. The minimum atomic E-state index is 0.566. The molecule has 1 aromatic heterocycles. The number of nitrogens with one attached hydrogen (secondary N) is 1. The molecule has 4 heteroatoms. The zero-order chi connectivity index (χ0) is 12.7. The zero-order valence-corrected chi connectivity index (χ0v) is 11.9. The molecule has 1 aromatic carbocycles. The number of rotatable bonds is 2. The fraction of sp³-hybridized carbons (Fsp3) is 0.533. The van der Waals surface area contributed by atoms with Gasteiger partial charge in [0.25, 0.3) is 0 Å². The lowest BCUT2D eigenvalue weighted by atomic mass is 9.87. The first-order chi connectivity index (χ1) is 9.33. The van der Waals surface area contributed by atoms with Gasteiger partial charge in [-0.05, 0) is 43.5 Å². The summed E-state index contributed by atoms with van der Waals surface area (Å²) < 4.78 is 1.31. The number of thiazole rings is 1. The van der Waals surface area contributed by atoms with E-state index in [0.717, 1.165) is 12.1 Å². The summed E-state index contributed by atoms with van der Waals surface area (Å²) >= 11 is 1.85. The van der Waals surface area contributed by atoms with Crippen LogP contribution >= 0.6 is 11.3 Å². The maximum atomic E-state index is 4.75. The third kappa shape index (κ3) is 2.18. The highest BCUT2D eigenvalue weighted by molar-refractivity contribution is 7.18. The van der Waals surface area contributed by atoms with Gasteiger partial charge in [-0.1, -0.05) is 12.1 Å². The molecule has 3 heterocycles. The van der Waals surface area contributed by atoms with Gasteiger partial charge in [-0.2, -0.15) is 0 Å². The van der Waals surface area contributed by atoms with Crippen LogP contribution in [-0.4, -0.2) is 36.1 Å². The number of benzene rings is 1. The summed E-state index contributed by atoms with van der Waals surface area (Å²) in [5.41, 5.74) is 1.72. The van der Waals surface area contributed by atoms with Crippen LogP contribution in [0.3, 0.4) is 0 Å². The average molecular weight is 273 g/mol. The van der Waals surface area contributed by atoms with E-state index in [2.05, 4.69) is 34.5 Å². The van der Waals surface area contributed by atoms with Crippen LogP contribution < -0.4 is 5.32 Å². The lowest BCUT2D eigenvalue weighted by molar-refractivity contribution is 0.268. The fourth-order valence-electron chi connectivity index (χ4n) is 3.49. The molecule has 19 heavy (non-hydrogen) atoms. The van der Waals surface area contributed by atoms with Crippen molar-refractivity contribution in [3.63, 3.8) is 0 Å². The zero-order valence-electron chi connectivity index (χ0n) is 11.1. The maximum absolute atomic E-state index is 4.75. The molecule has 0 aliphatic carbocycles. The van der Waals surface area contributed by atoms with Gasteiger partial charge in [-0.15, -0.1) is 11.3 Å². The van der Waals surface area contributed by atoms with Crippen molar-refractivity contribution < 1.29 is 0 Å². The van der Waals surface area contributed by atoms with Crippen LogP contribution in [0.15, 0.2) is 24.3 Å². The van der Waals surface area contributed by atoms with Crippen LogP contribution in [0.1, 0.15) is 17.8 Å². The highest BCUT2D eigenvalue weighted by atomic mass is 32.1. The summed E-state index contributed by atoms with van der Waals surface area (Å²) in [7, 11) is 0. The molecular weight excluding hydrogens is 254 g/mol. The van der Waals surface area contributed by atoms with E-state index in [0.29, 0.717) is 5.41 Å². The first kappa shape index (κ1) is 11.8. The predicted octanol–water partition coefficient (Wildman–Crippen LogP) is 2.48. The van der Waals surface area contributed by atoms with Gasteiger partial charge in [0.1, 0.15) is 5.01 Å². The van der Waals surface area contributed by atoms with Gasteiger partial charge in [0.05, 0.1) is 16.8 Å². The molecule has 0 radical (unpaired) electrons. The molecule has 0 amide bonds. The normalized spacial score (nSPS) is 27.8. The highest BCUT2D eigenvalue weighted by Gasteiger charge is 2.40. The summed E-state index contributed by atoms with van der Waals surface area (Å²) in [6.07, 6.45) is 2.70. The quantitative estimate of drug-likeness (QED) is 0.911. The van der Waals surface area contributed by atoms with Crippen molar-refractivity contribution in [3.8, 4) is 0 Å². The van der Waals surface area contributed by atoms with Crippen molar-refractivity contribution in [2.45, 2.75) is 19.4 Å². The number of likely N-dealkylation sites (tertiary alicyclic amines) is 1. The van der Waals surface area contributed by atoms with E-state index in [9.17, 15) is 0 Å². The molecule has 2 saturated heterocycles. The molecule has 2 aromatic rings. The van der Waals surface area contributed by atoms with Crippen molar-refractivity contribution >= 4 is 21.6 Å². The number of hydrogen-bond acceptors (Lipinski definition) is 4. The fourth-order valence-corrected chi connectivity index (χ4v) is 4.50. The first-order valence-corrected chi connectivity index (χ1v) is 7.92. The second-order valence-corrected chi connectivity index (χ2v) is 7.08. The van der Waals surface area contributed by atoms with E-state index in [-0.39, 0.29) is 0 Å². The Labute approximate surface area is 117 Å². The van der Waals surface area contributed by atoms with E-state index in [1.54, 1.807) is 0 Å². The Morgan fingerprint density at radius 1 is 1.32 bits per heavy atom. The highest BCUT2D eigenvalue weighted by Crippen LogP contribution is 2.37. The Morgan fingerprint density at radius 3 is 3.11 bits per heavy atom. The molecule has 2 fully saturated rings. The van der Waals surface area contributed by atoms with Crippen molar-refractivity contribution in [2.24, 2.45) is 5.41 Å². The van der Waals surface area contributed by atoms with Gasteiger partial charge in [0.2, 0.25) is 0 Å². The first-order valence-electron chi connectivity index (χ1n) is 7.11. The van der Waals surface area contributed by atoms with E-state index >= 15 is 0 Å². The summed E-state index contributed by atoms with van der Waals surface area (Å²) in [6, 6.07) is 8.45. The van der Waals surface area contributed by atoms with Crippen molar-refractivity contribution in [2.75, 3.05) is 26.2 Å². The minimum Gasteiger partial charge on any atom is -0.316 e. The van der Waals surface area contributed by atoms with Gasteiger partial charge in [-0.3, -0.25) is 4.90 Å². The minimum absolute atomic E-state index is 0.566. The van der Waals surface area contributed by atoms with Crippen LogP contribution in [0.4, 0.5) is 0 Å². The maximum Gasteiger partial charge on any atom is 0.108 e. The summed E-state index contributed by atoms with van der Waals surface area (Å²) in [5.74, 6) is 0. The van der Waals surface area contributed by atoms with E-state index in [1.165, 1.54) is 48.7 Å². The molecule has 1 atom stereocenters. The standard InChI is InChI=1S/C15H19N3S/c1-2-4-13-12(3-1)17-14(19-13)9-18-8-6-15(11-18)5-7-16-10-15/h1-4,16H,5-11H2. The molecular formula is C15H19N3S. The van der Waals surface area contributed by atoms with Gasteiger partial charge in [0.15, 0.2) is 0 Å². The summed E-state index contributed by atoms with van der Waals surface area (Å²) in [5, 5.41) is 4.79. The molecule has 100 valence electrons. The van der Waals surface area contributed by atoms with Crippen LogP contribution in [0.5, 0.6) is 0 Å². The predicted molar refractivity (Wildman–Crippen MR) is 79.4 cm³/mol. The molecule has 3 nitrogen and oxygen atoms in total. The molecule has 1 unspecified atom stereocenters. The van der Waals surface area contributed by atoms with E-state index in [4.69, 9.17) is 4.98 Å². The van der Waals surface area contributed by atoms with E-state index in [1.807, 2.05) is 11.3 Å². The largest absolute Gasteiger partial charge is 0.316 e.